The Balaban J connectivity index is 2.18. The molecule has 2 aromatic carbocycles. The van der Waals surface area contributed by atoms with E-state index in [4.69, 9.17) is 0 Å². The van der Waals surface area contributed by atoms with Gasteiger partial charge in [0.25, 0.3) is 0 Å². The van der Waals surface area contributed by atoms with Gasteiger partial charge < -0.3 is 10.1 Å². The highest BCUT2D eigenvalue weighted by Gasteiger charge is 2.34. The third-order valence-electron chi connectivity index (χ3n) is 4.18. The summed E-state index contributed by atoms with van der Waals surface area (Å²) in [4.78, 5) is 7.17. The van der Waals surface area contributed by atoms with Gasteiger partial charge in [-0.3, -0.25) is 0 Å². The van der Waals surface area contributed by atoms with Gasteiger partial charge in [-0.15, -0.1) is 0 Å². The molecule has 3 heteroatoms. The molecule has 0 aliphatic rings. The molecule has 0 saturated carbocycles. The molecule has 2 N–H and O–H groups in total. The zero-order valence-corrected chi connectivity index (χ0v) is 12.9. The highest BCUT2D eigenvalue weighted by molar-refractivity contribution is 5.44. The molecule has 1 aromatic heterocycles. The van der Waals surface area contributed by atoms with Crippen LogP contribution >= 0.6 is 0 Å². The van der Waals surface area contributed by atoms with E-state index in [0.29, 0.717) is 6.42 Å². The third kappa shape index (κ3) is 2.55. The molecule has 112 valence electrons. The number of aromatic amines is 1. The van der Waals surface area contributed by atoms with Crippen molar-refractivity contribution >= 4 is 0 Å². The van der Waals surface area contributed by atoms with Crippen LogP contribution in [0.15, 0.2) is 61.1 Å². The van der Waals surface area contributed by atoms with Crippen LogP contribution in [0.4, 0.5) is 0 Å². The second-order valence-corrected chi connectivity index (χ2v) is 5.74. The highest BCUT2D eigenvalue weighted by Crippen LogP contribution is 2.36. The van der Waals surface area contributed by atoms with Crippen molar-refractivity contribution < 1.29 is 5.11 Å². The van der Waals surface area contributed by atoms with Gasteiger partial charge in [0.05, 0.1) is 6.33 Å². The van der Waals surface area contributed by atoms with Crippen LogP contribution < -0.4 is 0 Å². The molecule has 0 aliphatic heterocycles. The van der Waals surface area contributed by atoms with Crippen LogP contribution in [0.2, 0.25) is 0 Å². The van der Waals surface area contributed by atoms with Gasteiger partial charge in [-0.05, 0) is 36.1 Å². The molecule has 0 aliphatic carbocycles. The van der Waals surface area contributed by atoms with E-state index in [-0.39, 0.29) is 0 Å². The molecule has 22 heavy (non-hydrogen) atoms. The predicted octanol–water partition coefficient (Wildman–Crippen LogP) is 3.51. The molecule has 0 unspecified atom stereocenters. The van der Waals surface area contributed by atoms with E-state index in [9.17, 15) is 5.11 Å². The first-order valence-electron chi connectivity index (χ1n) is 7.43. The maximum atomic E-state index is 11.6. The molecular formula is C19H20N2O. The normalized spacial score (nSPS) is 11.6. The van der Waals surface area contributed by atoms with Gasteiger partial charge in [0.15, 0.2) is 0 Å². The van der Waals surface area contributed by atoms with Crippen molar-refractivity contribution in [2.45, 2.75) is 25.9 Å². The molecule has 3 nitrogen and oxygen atoms in total. The van der Waals surface area contributed by atoms with Crippen molar-refractivity contribution in [3.05, 3.63) is 89.0 Å². The quantitative estimate of drug-likeness (QED) is 0.773. The van der Waals surface area contributed by atoms with Gasteiger partial charge in [-0.2, -0.15) is 0 Å². The SMILES string of the molecule is Cc1ccccc1C(O)(Cc1cnc[nH]1)c1ccccc1C. The number of nitrogens with one attached hydrogen (secondary N) is 1. The average Bonchev–Trinajstić information content (AvgIpc) is 3.00. The summed E-state index contributed by atoms with van der Waals surface area (Å²) in [7, 11) is 0. The number of benzene rings is 2. The van der Waals surface area contributed by atoms with Crippen LogP contribution in [0.5, 0.6) is 0 Å². The van der Waals surface area contributed by atoms with Crippen LogP contribution in [-0.2, 0) is 12.0 Å². The Labute approximate surface area is 130 Å². The van der Waals surface area contributed by atoms with Crippen molar-refractivity contribution in [1.29, 1.82) is 0 Å². The lowest BCUT2D eigenvalue weighted by Crippen LogP contribution is -2.32. The number of hydrogen-bond acceptors (Lipinski definition) is 2. The van der Waals surface area contributed by atoms with Gasteiger partial charge >= 0.3 is 0 Å². The van der Waals surface area contributed by atoms with Crippen LogP contribution in [-0.4, -0.2) is 15.1 Å². The lowest BCUT2D eigenvalue weighted by atomic mass is 9.79. The van der Waals surface area contributed by atoms with Crippen LogP contribution in [0.3, 0.4) is 0 Å². The van der Waals surface area contributed by atoms with E-state index >= 15 is 0 Å². The number of nitrogens with zero attached hydrogens (tertiary/aromatic N) is 1. The maximum absolute atomic E-state index is 11.6. The predicted molar refractivity (Wildman–Crippen MR) is 87.6 cm³/mol. The molecule has 0 amide bonds. The van der Waals surface area contributed by atoms with Crippen LogP contribution in [0, 0.1) is 13.8 Å². The summed E-state index contributed by atoms with van der Waals surface area (Å²) < 4.78 is 0. The molecule has 0 spiro atoms. The van der Waals surface area contributed by atoms with E-state index in [0.717, 1.165) is 27.9 Å². The fourth-order valence-electron chi connectivity index (χ4n) is 3.07. The minimum Gasteiger partial charge on any atom is -0.380 e. The minimum atomic E-state index is -1.08. The lowest BCUT2D eigenvalue weighted by Gasteiger charge is -2.31. The maximum Gasteiger partial charge on any atom is 0.121 e. The Morgan fingerprint density at radius 3 is 1.95 bits per heavy atom. The number of H-pyrrole nitrogens is 1. The lowest BCUT2D eigenvalue weighted by molar-refractivity contribution is 0.0788. The average molecular weight is 292 g/mol. The Morgan fingerprint density at radius 2 is 1.50 bits per heavy atom. The smallest absolute Gasteiger partial charge is 0.121 e. The minimum absolute atomic E-state index is 0.461. The summed E-state index contributed by atoms with van der Waals surface area (Å²) in [6.45, 7) is 4.07. The van der Waals surface area contributed by atoms with Crippen molar-refractivity contribution in [3.8, 4) is 0 Å². The molecule has 0 bridgehead atoms. The highest BCUT2D eigenvalue weighted by atomic mass is 16.3. The fourth-order valence-corrected chi connectivity index (χ4v) is 3.07. The van der Waals surface area contributed by atoms with Gasteiger partial charge in [0.1, 0.15) is 5.60 Å². The summed E-state index contributed by atoms with van der Waals surface area (Å²) in [6.07, 6.45) is 3.87. The van der Waals surface area contributed by atoms with Crippen molar-refractivity contribution in [1.82, 2.24) is 9.97 Å². The Kier molecular flexibility index (Phi) is 3.82. The van der Waals surface area contributed by atoms with E-state index in [1.54, 1.807) is 12.5 Å². The Bertz CT molecular complexity index is 717. The number of rotatable bonds is 4. The number of hydrogen-bond donors (Lipinski definition) is 2. The summed E-state index contributed by atoms with van der Waals surface area (Å²) >= 11 is 0. The Morgan fingerprint density at radius 1 is 0.955 bits per heavy atom. The molecular weight excluding hydrogens is 272 g/mol. The van der Waals surface area contributed by atoms with Gasteiger partial charge in [-0.25, -0.2) is 4.98 Å². The monoisotopic (exact) mass is 292 g/mol. The summed E-state index contributed by atoms with van der Waals surface area (Å²) in [6, 6.07) is 16.0. The molecule has 0 atom stereocenters. The van der Waals surface area contributed by atoms with Gasteiger partial charge in [0.2, 0.25) is 0 Å². The van der Waals surface area contributed by atoms with Crippen molar-refractivity contribution in [2.75, 3.05) is 0 Å². The topological polar surface area (TPSA) is 48.9 Å². The van der Waals surface area contributed by atoms with Crippen molar-refractivity contribution in [3.63, 3.8) is 0 Å². The van der Waals surface area contributed by atoms with Gasteiger partial charge in [-0.1, -0.05) is 48.5 Å². The van der Waals surface area contributed by atoms with Crippen molar-refractivity contribution in [2.24, 2.45) is 0 Å². The molecule has 1 heterocycles. The third-order valence-corrected chi connectivity index (χ3v) is 4.18. The molecule has 3 aromatic rings. The van der Waals surface area contributed by atoms with Gasteiger partial charge in [0, 0.05) is 18.3 Å². The zero-order valence-electron chi connectivity index (χ0n) is 12.9. The number of aliphatic hydroxyl groups is 1. The molecule has 0 radical (unpaired) electrons. The summed E-state index contributed by atoms with van der Waals surface area (Å²) in [5, 5.41) is 11.6. The second-order valence-electron chi connectivity index (χ2n) is 5.74. The largest absolute Gasteiger partial charge is 0.380 e. The summed E-state index contributed by atoms with van der Waals surface area (Å²) in [5.41, 5.74) is 3.84. The first kappa shape index (κ1) is 14.5. The molecule has 0 fully saturated rings. The number of aryl methyl sites for hydroxylation is 2. The zero-order chi connectivity index (χ0) is 15.6. The second kappa shape index (κ2) is 5.78. The standard InChI is InChI=1S/C19H20N2O/c1-14-7-3-5-9-17(14)19(22,11-16-12-20-13-21-16)18-10-6-4-8-15(18)2/h3-10,12-13,22H,11H2,1-2H3,(H,20,21). The number of aromatic nitrogens is 2. The Hall–Kier alpha value is -2.39. The summed E-state index contributed by atoms with van der Waals surface area (Å²) in [5.74, 6) is 0. The molecule has 0 saturated heterocycles. The van der Waals surface area contributed by atoms with E-state index in [2.05, 4.69) is 9.97 Å². The molecule has 3 rings (SSSR count). The number of imidazole rings is 1. The van der Waals surface area contributed by atoms with Crippen LogP contribution in [0.1, 0.15) is 27.9 Å². The first-order chi connectivity index (χ1) is 10.6. The van der Waals surface area contributed by atoms with E-state index in [1.165, 1.54) is 0 Å². The first-order valence-corrected chi connectivity index (χ1v) is 7.43. The van der Waals surface area contributed by atoms with E-state index in [1.807, 2.05) is 62.4 Å². The fraction of sp³-hybridized carbons (Fsp3) is 0.211. The van der Waals surface area contributed by atoms with E-state index < -0.39 is 5.60 Å². The van der Waals surface area contributed by atoms with Crippen LogP contribution in [0.25, 0.3) is 0 Å².